The van der Waals surface area contributed by atoms with E-state index < -0.39 is 0 Å². The maximum Gasteiger partial charge on any atom is 0.223 e. The number of nitrogen functional groups attached to an aromatic ring is 1. The lowest BCUT2D eigenvalue weighted by molar-refractivity contribution is -0.136. The first kappa shape index (κ1) is 20.1. The van der Waals surface area contributed by atoms with Crippen molar-refractivity contribution < 1.29 is 4.79 Å². The van der Waals surface area contributed by atoms with Gasteiger partial charge in [0, 0.05) is 37.3 Å². The molecule has 2 aliphatic heterocycles. The monoisotopic (exact) mass is 359 g/mol. The van der Waals surface area contributed by atoms with E-state index >= 15 is 0 Å². The van der Waals surface area contributed by atoms with E-state index in [1.54, 1.807) is 0 Å². The number of piperazine rings is 1. The summed E-state index contributed by atoms with van der Waals surface area (Å²) >= 11 is 0. The lowest BCUT2D eigenvalue weighted by atomic mass is 10.0. The number of amides is 1. The second-order valence-electron chi connectivity index (χ2n) is 6.38. The summed E-state index contributed by atoms with van der Waals surface area (Å²) in [4.78, 5) is 17.2. The zero-order valence-corrected chi connectivity index (χ0v) is 15.2. The minimum atomic E-state index is 0. The normalized spacial score (nSPS) is 23.6. The molecule has 2 fully saturated rings. The fraction of sp³-hybridized carbons (Fsp3) is 0.588. The summed E-state index contributed by atoms with van der Waals surface area (Å²) in [5.41, 5.74) is 7.82. The molecule has 2 aliphatic rings. The van der Waals surface area contributed by atoms with Crippen molar-refractivity contribution in [1.29, 1.82) is 0 Å². The maximum atomic E-state index is 12.5. The van der Waals surface area contributed by atoms with Crippen LogP contribution in [-0.4, -0.2) is 47.4 Å². The van der Waals surface area contributed by atoms with Crippen LogP contribution >= 0.6 is 24.8 Å². The highest BCUT2D eigenvalue weighted by molar-refractivity contribution is 5.85. The molecule has 2 N–H and O–H groups in total. The van der Waals surface area contributed by atoms with Gasteiger partial charge in [-0.05, 0) is 44.4 Å². The lowest BCUT2D eigenvalue weighted by Crippen LogP contribution is -2.56. The lowest BCUT2D eigenvalue weighted by Gasteiger charge is -2.42. The van der Waals surface area contributed by atoms with Crippen molar-refractivity contribution >= 4 is 36.4 Å². The number of fused-ring (bicyclic) bond motifs is 1. The fourth-order valence-electron chi connectivity index (χ4n) is 3.68. The van der Waals surface area contributed by atoms with Crippen LogP contribution in [0.15, 0.2) is 24.3 Å². The first-order valence-corrected chi connectivity index (χ1v) is 8.02. The second kappa shape index (κ2) is 8.76. The molecule has 0 aliphatic carbocycles. The van der Waals surface area contributed by atoms with Gasteiger partial charge in [0.1, 0.15) is 0 Å². The topological polar surface area (TPSA) is 49.6 Å². The molecule has 2 heterocycles. The van der Waals surface area contributed by atoms with E-state index in [0.29, 0.717) is 18.5 Å². The first-order valence-electron chi connectivity index (χ1n) is 8.02. The van der Waals surface area contributed by atoms with E-state index in [1.807, 2.05) is 24.3 Å². The Hall–Kier alpha value is -0.970. The highest BCUT2D eigenvalue weighted by Gasteiger charge is 2.36. The maximum absolute atomic E-state index is 12.5. The number of para-hydroxylation sites is 1. The first-order chi connectivity index (χ1) is 10.1. The van der Waals surface area contributed by atoms with Gasteiger partial charge in [0.25, 0.3) is 0 Å². The smallest absolute Gasteiger partial charge is 0.223 e. The van der Waals surface area contributed by atoms with Crippen molar-refractivity contribution in [3.05, 3.63) is 29.8 Å². The Balaban J connectivity index is 0.00000132. The van der Waals surface area contributed by atoms with Crippen LogP contribution in [0, 0.1) is 0 Å². The Labute approximate surface area is 151 Å². The molecule has 0 aromatic heterocycles. The molecule has 23 heavy (non-hydrogen) atoms. The molecule has 130 valence electrons. The predicted octanol–water partition coefficient (Wildman–Crippen LogP) is 2.74. The van der Waals surface area contributed by atoms with Gasteiger partial charge in [0.05, 0.1) is 0 Å². The quantitative estimate of drug-likeness (QED) is 0.844. The highest BCUT2D eigenvalue weighted by Crippen LogP contribution is 2.25. The average molecular weight is 360 g/mol. The highest BCUT2D eigenvalue weighted by atomic mass is 35.5. The molecule has 2 saturated heterocycles. The van der Waals surface area contributed by atoms with Crippen LogP contribution in [0.1, 0.15) is 31.7 Å². The average Bonchev–Trinajstić information content (AvgIpc) is 2.92. The molecule has 3 rings (SSSR count). The van der Waals surface area contributed by atoms with Crippen LogP contribution in [0.25, 0.3) is 0 Å². The number of carbonyl (C=O) groups excluding carboxylic acids is 1. The van der Waals surface area contributed by atoms with Crippen LogP contribution in [0.3, 0.4) is 0 Å². The minimum Gasteiger partial charge on any atom is -0.399 e. The van der Waals surface area contributed by atoms with Crippen molar-refractivity contribution in [2.75, 3.05) is 25.4 Å². The number of hydrogen-bond acceptors (Lipinski definition) is 3. The van der Waals surface area contributed by atoms with Gasteiger partial charge in [-0.3, -0.25) is 9.69 Å². The number of nitrogens with two attached hydrogens (primary N) is 1. The van der Waals surface area contributed by atoms with Gasteiger partial charge >= 0.3 is 0 Å². The van der Waals surface area contributed by atoms with Crippen molar-refractivity contribution in [3.63, 3.8) is 0 Å². The Bertz CT molecular complexity index is 526. The molecule has 0 bridgehead atoms. The number of aryl methyl sites for hydroxylation is 1. The molecule has 2 atom stereocenters. The van der Waals surface area contributed by atoms with Gasteiger partial charge in [0.2, 0.25) is 5.91 Å². The van der Waals surface area contributed by atoms with Crippen LogP contribution in [-0.2, 0) is 11.2 Å². The largest absolute Gasteiger partial charge is 0.399 e. The summed E-state index contributed by atoms with van der Waals surface area (Å²) in [7, 11) is 0. The summed E-state index contributed by atoms with van der Waals surface area (Å²) < 4.78 is 0. The van der Waals surface area contributed by atoms with Crippen molar-refractivity contribution in [1.82, 2.24) is 9.80 Å². The predicted molar refractivity (Wildman–Crippen MR) is 99.4 cm³/mol. The molecular weight excluding hydrogens is 333 g/mol. The standard InChI is InChI=1S/C17H25N3O.2ClH/c1-13-11-19-10-4-6-15(19)12-20(13)17(21)9-8-14-5-2-3-7-16(14)18;;/h2-3,5,7,13,15H,4,6,8-12,18H2,1H3;2*1H. The van der Waals surface area contributed by atoms with E-state index in [0.717, 1.165) is 30.8 Å². The molecule has 0 saturated carbocycles. The van der Waals surface area contributed by atoms with Crippen LogP contribution < -0.4 is 5.73 Å². The summed E-state index contributed by atoms with van der Waals surface area (Å²) in [6, 6.07) is 8.76. The van der Waals surface area contributed by atoms with Gasteiger partial charge in [-0.15, -0.1) is 24.8 Å². The van der Waals surface area contributed by atoms with Crippen molar-refractivity contribution in [2.45, 2.75) is 44.7 Å². The van der Waals surface area contributed by atoms with E-state index in [9.17, 15) is 4.79 Å². The van der Waals surface area contributed by atoms with Crippen molar-refractivity contribution in [3.8, 4) is 0 Å². The molecule has 1 amide bonds. The number of nitrogens with zero attached hydrogens (tertiary/aromatic N) is 2. The van der Waals surface area contributed by atoms with Crippen LogP contribution in [0.4, 0.5) is 5.69 Å². The van der Waals surface area contributed by atoms with E-state index in [4.69, 9.17) is 5.73 Å². The molecule has 6 heteroatoms. The third-order valence-corrected chi connectivity index (χ3v) is 4.92. The Morgan fingerprint density at radius 3 is 2.74 bits per heavy atom. The summed E-state index contributed by atoms with van der Waals surface area (Å²) in [5.74, 6) is 0.275. The Morgan fingerprint density at radius 2 is 2.00 bits per heavy atom. The third-order valence-electron chi connectivity index (χ3n) is 4.92. The molecular formula is C17H27Cl2N3O. The van der Waals surface area contributed by atoms with E-state index in [-0.39, 0.29) is 30.7 Å². The number of halogens is 2. The second-order valence-corrected chi connectivity index (χ2v) is 6.38. The number of hydrogen-bond donors (Lipinski definition) is 1. The minimum absolute atomic E-state index is 0. The summed E-state index contributed by atoms with van der Waals surface area (Å²) in [5, 5.41) is 0. The van der Waals surface area contributed by atoms with Crippen LogP contribution in [0.5, 0.6) is 0 Å². The number of rotatable bonds is 3. The van der Waals surface area contributed by atoms with Crippen LogP contribution in [0.2, 0.25) is 0 Å². The van der Waals surface area contributed by atoms with E-state index in [1.165, 1.54) is 19.4 Å². The molecule has 2 unspecified atom stereocenters. The SMILES string of the molecule is CC1CN2CCCC2CN1C(=O)CCc1ccccc1N.Cl.Cl. The van der Waals surface area contributed by atoms with Crippen molar-refractivity contribution in [2.24, 2.45) is 0 Å². The molecule has 1 aromatic rings. The molecule has 0 spiro atoms. The van der Waals surface area contributed by atoms with Gasteiger partial charge < -0.3 is 10.6 Å². The molecule has 0 radical (unpaired) electrons. The number of carbonyl (C=O) groups is 1. The zero-order valence-electron chi connectivity index (χ0n) is 13.6. The number of benzene rings is 1. The van der Waals surface area contributed by atoms with Gasteiger partial charge in [0.15, 0.2) is 0 Å². The fourth-order valence-corrected chi connectivity index (χ4v) is 3.68. The Kier molecular flexibility index (Phi) is 7.65. The summed E-state index contributed by atoms with van der Waals surface area (Å²) in [6.45, 7) is 5.31. The number of anilines is 1. The van der Waals surface area contributed by atoms with E-state index in [2.05, 4.69) is 16.7 Å². The van der Waals surface area contributed by atoms with Gasteiger partial charge in [-0.1, -0.05) is 18.2 Å². The molecule has 1 aromatic carbocycles. The van der Waals surface area contributed by atoms with Gasteiger partial charge in [-0.25, -0.2) is 0 Å². The Morgan fingerprint density at radius 1 is 1.26 bits per heavy atom. The zero-order chi connectivity index (χ0) is 14.8. The molecule has 4 nitrogen and oxygen atoms in total. The van der Waals surface area contributed by atoms with Gasteiger partial charge in [-0.2, -0.15) is 0 Å². The third kappa shape index (κ3) is 4.52. The summed E-state index contributed by atoms with van der Waals surface area (Å²) in [6.07, 6.45) is 3.82.